The summed E-state index contributed by atoms with van der Waals surface area (Å²) in [5.41, 5.74) is 0.0538. The molecule has 1 N–H and O–H groups in total. The number of unbranched alkanes of at least 4 members (excludes halogenated alkanes) is 1. The van der Waals surface area contributed by atoms with Crippen LogP contribution in [0.2, 0.25) is 5.02 Å². The van der Waals surface area contributed by atoms with Crippen LogP contribution in [0.4, 0.5) is 4.79 Å². The van der Waals surface area contributed by atoms with Gasteiger partial charge in [-0.2, -0.15) is 0 Å². The van der Waals surface area contributed by atoms with Crippen LogP contribution in [0.15, 0.2) is 59.5 Å². The standard InChI is InChI=1S/C22H21ClN4O3/c1-2-3-11-22(15-7-5-4-6-8-15)20(29)27(21(30)25-22)14-17-12-19(28)26-13-16(23)9-10-18(26)24-17/h4-10,12-13H,2-3,11,14H2,1H3,(H,25,30). The van der Waals surface area contributed by atoms with E-state index in [-0.39, 0.29) is 18.0 Å². The van der Waals surface area contributed by atoms with Crippen molar-refractivity contribution in [3.8, 4) is 0 Å². The zero-order valence-corrected chi connectivity index (χ0v) is 17.2. The van der Waals surface area contributed by atoms with E-state index in [4.69, 9.17) is 11.6 Å². The lowest BCUT2D eigenvalue weighted by molar-refractivity contribution is -0.132. The van der Waals surface area contributed by atoms with Gasteiger partial charge < -0.3 is 5.32 Å². The van der Waals surface area contributed by atoms with Gasteiger partial charge in [-0.05, 0) is 24.1 Å². The molecule has 1 aliphatic rings. The first-order chi connectivity index (χ1) is 14.4. The highest BCUT2D eigenvalue weighted by molar-refractivity contribution is 6.30. The van der Waals surface area contributed by atoms with Crippen molar-refractivity contribution < 1.29 is 9.59 Å². The van der Waals surface area contributed by atoms with Crippen LogP contribution < -0.4 is 10.9 Å². The molecule has 1 atom stereocenters. The smallest absolute Gasteiger partial charge is 0.319 e. The van der Waals surface area contributed by atoms with Gasteiger partial charge in [-0.1, -0.05) is 61.7 Å². The summed E-state index contributed by atoms with van der Waals surface area (Å²) in [5, 5.41) is 3.32. The molecule has 1 unspecified atom stereocenters. The number of carbonyl (C=O) groups excluding carboxylic acids is 2. The number of nitrogens with zero attached hydrogens (tertiary/aromatic N) is 3. The summed E-state index contributed by atoms with van der Waals surface area (Å²) in [6, 6.07) is 13.3. The van der Waals surface area contributed by atoms with Crippen molar-refractivity contribution in [1.29, 1.82) is 0 Å². The molecule has 1 saturated heterocycles. The number of nitrogens with one attached hydrogen (secondary N) is 1. The molecule has 0 aliphatic carbocycles. The molecule has 7 nitrogen and oxygen atoms in total. The SMILES string of the molecule is CCCCC1(c2ccccc2)NC(=O)N(Cc2cc(=O)n3cc(Cl)ccc3n2)C1=O. The minimum absolute atomic E-state index is 0.0836. The zero-order valence-electron chi connectivity index (χ0n) is 16.5. The summed E-state index contributed by atoms with van der Waals surface area (Å²) in [6.45, 7) is 1.95. The summed E-state index contributed by atoms with van der Waals surface area (Å²) in [4.78, 5) is 44.3. The Bertz CT molecular complexity index is 1180. The third-order valence-corrected chi connectivity index (χ3v) is 5.57. The van der Waals surface area contributed by atoms with E-state index < -0.39 is 11.6 Å². The number of aromatic nitrogens is 2. The number of imide groups is 1. The van der Waals surface area contributed by atoms with Crippen LogP contribution in [0.5, 0.6) is 0 Å². The third-order valence-electron chi connectivity index (χ3n) is 5.34. The molecule has 3 heterocycles. The van der Waals surface area contributed by atoms with Gasteiger partial charge in [0.05, 0.1) is 17.3 Å². The molecule has 3 aromatic rings. The van der Waals surface area contributed by atoms with Crippen molar-refractivity contribution in [2.75, 3.05) is 0 Å². The topological polar surface area (TPSA) is 83.8 Å². The van der Waals surface area contributed by atoms with Crippen molar-refractivity contribution in [2.24, 2.45) is 0 Å². The van der Waals surface area contributed by atoms with E-state index in [2.05, 4.69) is 10.3 Å². The Hall–Kier alpha value is -3.19. The first-order valence-corrected chi connectivity index (χ1v) is 10.2. The molecule has 0 spiro atoms. The Morgan fingerprint density at radius 1 is 1.10 bits per heavy atom. The molecule has 154 valence electrons. The predicted octanol–water partition coefficient (Wildman–Crippen LogP) is 3.49. The molecule has 1 aromatic carbocycles. The minimum atomic E-state index is -1.10. The molecule has 3 amide bonds. The predicted molar refractivity (Wildman–Crippen MR) is 113 cm³/mol. The monoisotopic (exact) mass is 424 g/mol. The fourth-order valence-electron chi connectivity index (χ4n) is 3.81. The quantitative estimate of drug-likeness (QED) is 0.614. The van der Waals surface area contributed by atoms with Crippen LogP contribution in [0.1, 0.15) is 37.4 Å². The Kier molecular flexibility index (Phi) is 5.30. The highest BCUT2D eigenvalue weighted by Gasteiger charge is 2.51. The van der Waals surface area contributed by atoms with Gasteiger partial charge in [-0.15, -0.1) is 0 Å². The fraction of sp³-hybridized carbons (Fsp3) is 0.273. The van der Waals surface area contributed by atoms with E-state index in [9.17, 15) is 14.4 Å². The van der Waals surface area contributed by atoms with Crippen molar-refractivity contribution in [3.05, 3.63) is 81.4 Å². The molecule has 30 heavy (non-hydrogen) atoms. The average molecular weight is 425 g/mol. The zero-order chi connectivity index (χ0) is 21.3. The lowest BCUT2D eigenvalue weighted by Crippen LogP contribution is -2.44. The number of halogens is 1. The first-order valence-electron chi connectivity index (χ1n) is 9.82. The molecule has 1 aliphatic heterocycles. The Labute approximate surface area is 178 Å². The third kappa shape index (κ3) is 3.45. The van der Waals surface area contributed by atoms with Gasteiger partial charge in [0.2, 0.25) is 0 Å². The average Bonchev–Trinajstić information content (AvgIpc) is 2.98. The number of carbonyl (C=O) groups is 2. The Morgan fingerprint density at radius 2 is 1.87 bits per heavy atom. The molecule has 8 heteroatoms. The summed E-state index contributed by atoms with van der Waals surface area (Å²) in [7, 11) is 0. The van der Waals surface area contributed by atoms with Gasteiger partial charge >= 0.3 is 6.03 Å². The Morgan fingerprint density at radius 3 is 2.60 bits per heavy atom. The molecular weight excluding hydrogens is 404 g/mol. The molecular formula is C22H21ClN4O3. The maximum absolute atomic E-state index is 13.5. The van der Waals surface area contributed by atoms with Gasteiger partial charge in [0.15, 0.2) is 0 Å². The van der Waals surface area contributed by atoms with Crippen LogP contribution >= 0.6 is 11.6 Å². The second-order valence-electron chi connectivity index (χ2n) is 7.36. The summed E-state index contributed by atoms with van der Waals surface area (Å²) < 4.78 is 1.33. The Balaban J connectivity index is 1.69. The van der Waals surface area contributed by atoms with Crippen LogP contribution in [0.3, 0.4) is 0 Å². The second kappa shape index (κ2) is 7.91. The molecule has 0 saturated carbocycles. The molecule has 2 aromatic heterocycles. The number of fused-ring (bicyclic) bond motifs is 1. The maximum Gasteiger partial charge on any atom is 0.325 e. The van der Waals surface area contributed by atoms with Crippen molar-refractivity contribution in [2.45, 2.75) is 38.3 Å². The van der Waals surface area contributed by atoms with Crippen molar-refractivity contribution in [1.82, 2.24) is 19.6 Å². The van der Waals surface area contributed by atoms with E-state index in [1.54, 1.807) is 12.1 Å². The van der Waals surface area contributed by atoms with E-state index >= 15 is 0 Å². The van der Waals surface area contributed by atoms with E-state index in [0.717, 1.165) is 23.3 Å². The van der Waals surface area contributed by atoms with Crippen molar-refractivity contribution >= 4 is 29.2 Å². The lowest BCUT2D eigenvalue weighted by Gasteiger charge is -2.27. The highest BCUT2D eigenvalue weighted by Crippen LogP contribution is 2.34. The summed E-state index contributed by atoms with van der Waals surface area (Å²) in [5.74, 6) is -0.328. The number of urea groups is 1. The number of amides is 3. The summed E-state index contributed by atoms with van der Waals surface area (Å²) in [6.07, 6.45) is 3.66. The van der Waals surface area contributed by atoms with E-state index in [0.29, 0.717) is 22.8 Å². The highest BCUT2D eigenvalue weighted by atomic mass is 35.5. The first kappa shape index (κ1) is 20.1. The largest absolute Gasteiger partial charge is 0.325 e. The van der Waals surface area contributed by atoms with Gasteiger partial charge in [0, 0.05) is 12.3 Å². The van der Waals surface area contributed by atoms with E-state index in [1.807, 2.05) is 37.3 Å². The lowest BCUT2D eigenvalue weighted by atomic mass is 9.85. The normalized spacial score (nSPS) is 18.8. The molecule has 0 bridgehead atoms. The van der Waals surface area contributed by atoms with E-state index in [1.165, 1.54) is 16.7 Å². The molecule has 1 fully saturated rings. The summed E-state index contributed by atoms with van der Waals surface area (Å²) >= 11 is 5.94. The van der Waals surface area contributed by atoms with Crippen molar-refractivity contribution in [3.63, 3.8) is 0 Å². The van der Waals surface area contributed by atoms with Gasteiger partial charge in [0.1, 0.15) is 11.2 Å². The second-order valence-corrected chi connectivity index (χ2v) is 7.79. The maximum atomic E-state index is 13.5. The number of pyridine rings is 1. The van der Waals surface area contributed by atoms with Crippen LogP contribution in [-0.4, -0.2) is 26.2 Å². The number of benzene rings is 1. The molecule has 4 rings (SSSR count). The van der Waals surface area contributed by atoms with Gasteiger partial charge in [-0.3, -0.25) is 18.9 Å². The number of hydrogen-bond donors (Lipinski definition) is 1. The van der Waals surface area contributed by atoms with Crippen LogP contribution in [-0.2, 0) is 16.9 Å². The molecule has 0 radical (unpaired) electrons. The number of hydrogen-bond acceptors (Lipinski definition) is 4. The van der Waals surface area contributed by atoms with Gasteiger partial charge in [0.25, 0.3) is 11.5 Å². The minimum Gasteiger partial charge on any atom is -0.319 e. The van der Waals surface area contributed by atoms with Crippen LogP contribution in [0, 0.1) is 0 Å². The number of rotatable bonds is 6. The van der Waals surface area contributed by atoms with Gasteiger partial charge in [-0.25, -0.2) is 9.78 Å². The van der Waals surface area contributed by atoms with Crippen LogP contribution in [0.25, 0.3) is 5.65 Å². The fourth-order valence-corrected chi connectivity index (χ4v) is 3.97.